The quantitative estimate of drug-likeness (QED) is 0.706. The summed E-state index contributed by atoms with van der Waals surface area (Å²) < 4.78 is 0. The third-order valence-electron chi connectivity index (χ3n) is 4.17. The molecular weight excluding hydrogens is 198 g/mol. The normalized spacial score (nSPS) is 30.0. The van der Waals surface area contributed by atoms with Gasteiger partial charge in [-0.1, -0.05) is 0 Å². The zero-order valence-corrected chi connectivity index (χ0v) is 11.0. The summed E-state index contributed by atoms with van der Waals surface area (Å²) >= 11 is 0. The summed E-state index contributed by atoms with van der Waals surface area (Å²) in [5, 5.41) is 0. The molecule has 0 aromatic heterocycles. The Morgan fingerprint density at radius 3 is 2.31 bits per heavy atom. The largest absolute Gasteiger partial charge is 0.306 e. The first-order valence-electron chi connectivity index (χ1n) is 6.83. The van der Waals surface area contributed by atoms with E-state index in [0.717, 1.165) is 5.92 Å². The Balaban J connectivity index is 1.54. The van der Waals surface area contributed by atoms with Crippen LogP contribution in [0.4, 0.5) is 0 Å². The van der Waals surface area contributed by atoms with E-state index in [-0.39, 0.29) is 0 Å². The highest BCUT2D eigenvalue weighted by atomic mass is 15.2. The fourth-order valence-electron chi connectivity index (χ4n) is 2.94. The van der Waals surface area contributed by atoms with Crippen molar-refractivity contribution in [1.29, 1.82) is 0 Å². The standard InChI is InChI=1S/C13H27N3/c1-14-8-10-16(11-9-14)6-3-4-13-5-7-15(2)12-13/h13H,3-12H2,1-2H3. The smallest absolute Gasteiger partial charge is 0.0110 e. The van der Waals surface area contributed by atoms with Crippen molar-refractivity contribution in [1.82, 2.24) is 14.7 Å². The second kappa shape index (κ2) is 5.99. The molecule has 3 heteroatoms. The molecule has 0 amide bonds. The van der Waals surface area contributed by atoms with Gasteiger partial charge in [0.2, 0.25) is 0 Å². The van der Waals surface area contributed by atoms with Crippen LogP contribution in [0.15, 0.2) is 0 Å². The van der Waals surface area contributed by atoms with E-state index in [1.165, 1.54) is 65.1 Å². The van der Waals surface area contributed by atoms with Crippen LogP contribution < -0.4 is 0 Å². The first-order chi connectivity index (χ1) is 7.74. The fourth-order valence-corrected chi connectivity index (χ4v) is 2.94. The Hall–Kier alpha value is -0.120. The molecule has 94 valence electrons. The minimum atomic E-state index is 0.984. The lowest BCUT2D eigenvalue weighted by atomic mass is 10.0. The SMILES string of the molecule is CN1CCN(CCCC2CCN(C)C2)CC1. The van der Waals surface area contributed by atoms with Gasteiger partial charge < -0.3 is 14.7 Å². The molecule has 2 saturated heterocycles. The molecule has 2 heterocycles. The number of rotatable bonds is 4. The summed E-state index contributed by atoms with van der Waals surface area (Å²) in [7, 11) is 4.48. The summed E-state index contributed by atoms with van der Waals surface area (Å²) in [6.07, 6.45) is 4.28. The molecule has 1 atom stereocenters. The average molecular weight is 225 g/mol. The van der Waals surface area contributed by atoms with Crippen LogP contribution in [-0.2, 0) is 0 Å². The molecule has 0 aliphatic carbocycles. The van der Waals surface area contributed by atoms with Crippen molar-refractivity contribution in [3.05, 3.63) is 0 Å². The van der Waals surface area contributed by atoms with E-state index in [2.05, 4.69) is 28.8 Å². The molecule has 1 unspecified atom stereocenters. The fraction of sp³-hybridized carbons (Fsp3) is 1.00. The van der Waals surface area contributed by atoms with Crippen molar-refractivity contribution in [2.75, 3.05) is 59.9 Å². The summed E-state index contributed by atoms with van der Waals surface area (Å²) in [6.45, 7) is 9.05. The second-order valence-electron chi connectivity index (χ2n) is 5.70. The molecule has 2 aliphatic rings. The Labute approximate surface area is 100 Å². The van der Waals surface area contributed by atoms with Crippen molar-refractivity contribution in [3.63, 3.8) is 0 Å². The molecular formula is C13H27N3. The van der Waals surface area contributed by atoms with Crippen molar-refractivity contribution in [3.8, 4) is 0 Å². The molecule has 2 rings (SSSR count). The Morgan fingerprint density at radius 2 is 1.69 bits per heavy atom. The van der Waals surface area contributed by atoms with Gasteiger partial charge in [0.05, 0.1) is 0 Å². The number of hydrogen-bond donors (Lipinski definition) is 0. The van der Waals surface area contributed by atoms with E-state index in [1.54, 1.807) is 0 Å². The lowest BCUT2D eigenvalue weighted by molar-refractivity contribution is 0.150. The van der Waals surface area contributed by atoms with Gasteiger partial charge in [0, 0.05) is 32.7 Å². The zero-order chi connectivity index (χ0) is 11.4. The monoisotopic (exact) mass is 225 g/mol. The summed E-state index contributed by atoms with van der Waals surface area (Å²) in [6, 6.07) is 0. The van der Waals surface area contributed by atoms with Gasteiger partial charge in [0.15, 0.2) is 0 Å². The van der Waals surface area contributed by atoms with E-state index >= 15 is 0 Å². The number of likely N-dealkylation sites (N-methyl/N-ethyl adjacent to an activating group) is 1. The molecule has 2 fully saturated rings. The first-order valence-corrected chi connectivity index (χ1v) is 6.83. The lowest BCUT2D eigenvalue weighted by Crippen LogP contribution is -2.44. The van der Waals surface area contributed by atoms with E-state index in [1.807, 2.05) is 0 Å². The molecule has 0 radical (unpaired) electrons. The van der Waals surface area contributed by atoms with Gasteiger partial charge in [-0.05, 0) is 52.4 Å². The van der Waals surface area contributed by atoms with E-state index in [9.17, 15) is 0 Å². The van der Waals surface area contributed by atoms with Crippen LogP contribution in [0.5, 0.6) is 0 Å². The molecule has 0 spiro atoms. The van der Waals surface area contributed by atoms with Gasteiger partial charge in [-0.25, -0.2) is 0 Å². The Morgan fingerprint density at radius 1 is 0.938 bits per heavy atom. The molecule has 0 aromatic rings. The predicted molar refractivity (Wildman–Crippen MR) is 68.8 cm³/mol. The van der Waals surface area contributed by atoms with Gasteiger partial charge in [-0.2, -0.15) is 0 Å². The lowest BCUT2D eigenvalue weighted by Gasteiger charge is -2.32. The van der Waals surface area contributed by atoms with Gasteiger partial charge in [0.1, 0.15) is 0 Å². The molecule has 16 heavy (non-hydrogen) atoms. The van der Waals surface area contributed by atoms with Gasteiger partial charge >= 0.3 is 0 Å². The van der Waals surface area contributed by atoms with Crippen LogP contribution in [0.3, 0.4) is 0 Å². The second-order valence-corrected chi connectivity index (χ2v) is 5.70. The van der Waals surface area contributed by atoms with Gasteiger partial charge in [-0.15, -0.1) is 0 Å². The van der Waals surface area contributed by atoms with Crippen LogP contribution in [-0.4, -0.2) is 74.6 Å². The van der Waals surface area contributed by atoms with Crippen LogP contribution in [0.25, 0.3) is 0 Å². The zero-order valence-electron chi connectivity index (χ0n) is 11.0. The summed E-state index contributed by atoms with van der Waals surface area (Å²) in [5.74, 6) is 0.984. The molecule has 2 aliphatic heterocycles. The van der Waals surface area contributed by atoms with Crippen molar-refractivity contribution >= 4 is 0 Å². The third kappa shape index (κ3) is 3.72. The van der Waals surface area contributed by atoms with Crippen LogP contribution in [0, 0.1) is 5.92 Å². The van der Waals surface area contributed by atoms with E-state index in [4.69, 9.17) is 0 Å². The minimum Gasteiger partial charge on any atom is -0.306 e. The number of hydrogen-bond acceptors (Lipinski definition) is 3. The Bertz CT molecular complexity index is 199. The molecule has 0 aromatic carbocycles. The highest BCUT2D eigenvalue weighted by Gasteiger charge is 2.19. The van der Waals surface area contributed by atoms with E-state index in [0.29, 0.717) is 0 Å². The van der Waals surface area contributed by atoms with Crippen molar-refractivity contribution in [2.45, 2.75) is 19.3 Å². The molecule has 0 saturated carbocycles. The highest BCUT2D eigenvalue weighted by Crippen LogP contribution is 2.19. The molecule has 0 N–H and O–H groups in total. The van der Waals surface area contributed by atoms with Crippen molar-refractivity contribution < 1.29 is 0 Å². The summed E-state index contributed by atoms with van der Waals surface area (Å²) in [4.78, 5) is 7.54. The maximum atomic E-state index is 2.64. The predicted octanol–water partition coefficient (Wildman–Crippen LogP) is 0.966. The third-order valence-corrected chi connectivity index (χ3v) is 4.17. The number of piperazine rings is 1. The molecule has 0 bridgehead atoms. The average Bonchev–Trinajstić information content (AvgIpc) is 2.67. The van der Waals surface area contributed by atoms with Gasteiger partial charge in [0.25, 0.3) is 0 Å². The highest BCUT2D eigenvalue weighted by molar-refractivity contribution is 4.74. The molecule has 3 nitrogen and oxygen atoms in total. The Kier molecular flexibility index (Phi) is 4.62. The topological polar surface area (TPSA) is 9.72 Å². The van der Waals surface area contributed by atoms with Crippen LogP contribution in [0.2, 0.25) is 0 Å². The number of nitrogens with zero attached hydrogens (tertiary/aromatic N) is 3. The van der Waals surface area contributed by atoms with E-state index < -0.39 is 0 Å². The van der Waals surface area contributed by atoms with Crippen molar-refractivity contribution in [2.24, 2.45) is 5.92 Å². The summed E-state index contributed by atoms with van der Waals surface area (Å²) in [5.41, 5.74) is 0. The minimum absolute atomic E-state index is 0.984. The number of likely N-dealkylation sites (tertiary alicyclic amines) is 1. The van der Waals surface area contributed by atoms with Gasteiger partial charge in [-0.3, -0.25) is 0 Å². The van der Waals surface area contributed by atoms with Crippen LogP contribution in [0.1, 0.15) is 19.3 Å². The maximum Gasteiger partial charge on any atom is 0.0110 e. The first kappa shape index (κ1) is 12.3. The maximum absolute atomic E-state index is 2.64. The van der Waals surface area contributed by atoms with Crippen LogP contribution >= 0.6 is 0 Å².